The lowest BCUT2D eigenvalue weighted by Crippen LogP contribution is -2.14. The molecule has 0 saturated heterocycles. The number of nitro benzene ring substituents is 1. The van der Waals surface area contributed by atoms with E-state index in [0.717, 1.165) is 5.56 Å². The number of aromatic nitrogens is 2. The number of nitrogens with one attached hydrogen (secondary N) is 1. The molecule has 0 aliphatic heterocycles. The van der Waals surface area contributed by atoms with E-state index in [9.17, 15) is 14.9 Å². The van der Waals surface area contributed by atoms with Crippen molar-refractivity contribution in [2.24, 2.45) is 0 Å². The molecule has 10 heteroatoms. The van der Waals surface area contributed by atoms with Crippen LogP contribution in [0.2, 0.25) is 5.02 Å². The number of imidazole rings is 1. The molecule has 1 N–H and O–H groups in total. The van der Waals surface area contributed by atoms with Crippen LogP contribution in [0.1, 0.15) is 5.56 Å². The van der Waals surface area contributed by atoms with Crippen molar-refractivity contribution in [1.29, 1.82) is 0 Å². The molecule has 168 valence electrons. The summed E-state index contributed by atoms with van der Waals surface area (Å²) in [4.78, 5) is 27.9. The number of hydrogen-bond donors (Lipinski definition) is 1. The van der Waals surface area contributed by atoms with E-state index >= 15 is 0 Å². The number of benzene rings is 3. The summed E-state index contributed by atoms with van der Waals surface area (Å²) in [5, 5.41) is 15.1. The fraction of sp³-hybridized carbons (Fsp3) is 0.130. The number of para-hydroxylation sites is 2. The lowest BCUT2D eigenvalue weighted by Gasteiger charge is -2.13. The number of nitro groups is 1. The first kappa shape index (κ1) is 22.6. The van der Waals surface area contributed by atoms with Gasteiger partial charge in [0.1, 0.15) is 5.75 Å². The number of fused-ring (bicyclic) bond motifs is 1. The van der Waals surface area contributed by atoms with Gasteiger partial charge in [-0.1, -0.05) is 41.6 Å². The van der Waals surface area contributed by atoms with E-state index in [1.807, 2.05) is 41.8 Å². The second-order valence-corrected chi connectivity index (χ2v) is 8.48. The third-order valence-electron chi connectivity index (χ3n) is 4.93. The lowest BCUT2D eigenvalue weighted by molar-refractivity contribution is -0.384. The van der Waals surface area contributed by atoms with Gasteiger partial charge in [-0.05, 0) is 42.8 Å². The quantitative estimate of drug-likeness (QED) is 0.208. The number of aryl methyl sites for hydroxylation is 1. The lowest BCUT2D eigenvalue weighted by atomic mass is 10.2. The number of halogens is 1. The summed E-state index contributed by atoms with van der Waals surface area (Å²) in [6, 6.07) is 17.2. The minimum Gasteiger partial charge on any atom is -0.495 e. The van der Waals surface area contributed by atoms with E-state index in [2.05, 4.69) is 10.3 Å². The molecule has 4 aromatic rings. The van der Waals surface area contributed by atoms with Crippen LogP contribution < -0.4 is 10.1 Å². The molecular weight excluding hydrogens is 464 g/mol. The average molecular weight is 483 g/mol. The highest BCUT2D eigenvalue weighted by molar-refractivity contribution is 7.99. The maximum absolute atomic E-state index is 12.6. The molecule has 0 unspecified atom stereocenters. The Morgan fingerprint density at radius 3 is 2.73 bits per heavy atom. The third-order valence-corrected chi connectivity index (χ3v) is 6.28. The van der Waals surface area contributed by atoms with Crippen LogP contribution in [-0.4, -0.2) is 33.2 Å². The van der Waals surface area contributed by atoms with E-state index < -0.39 is 4.92 Å². The summed E-state index contributed by atoms with van der Waals surface area (Å²) >= 11 is 7.36. The zero-order valence-electron chi connectivity index (χ0n) is 17.7. The fourth-order valence-electron chi connectivity index (χ4n) is 3.30. The molecule has 0 bridgehead atoms. The zero-order chi connectivity index (χ0) is 23.5. The van der Waals surface area contributed by atoms with Crippen molar-refractivity contribution in [3.8, 4) is 11.4 Å². The van der Waals surface area contributed by atoms with Gasteiger partial charge in [-0.25, -0.2) is 4.98 Å². The van der Waals surface area contributed by atoms with Gasteiger partial charge >= 0.3 is 0 Å². The van der Waals surface area contributed by atoms with Gasteiger partial charge in [0.15, 0.2) is 5.16 Å². The molecule has 1 heterocycles. The molecule has 0 aliphatic rings. The fourth-order valence-corrected chi connectivity index (χ4v) is 4.30. The Hall–Kier alpha value is -3.56. The number of amides is 1. The second kappa shape index (κ2) is 9.51. The highest BCUT2D eigenvalue weighted by Crippen LogP contribution is 2.34. The van der Waals surface area contributed by atoms with Gasteiger partial charge in [0.25, 0.3) is 5.69 Å². The van der Waals surface area contributed by atoms with E-state index in [-0.39, 0.29) is 17.3 Å². The standard InChI is InChI=1S/C23H19ClN4O4S/c1-14-7-8-15(11-17(14)24)25-22(29)13-33-23-26-18-12-16(28(30)31)9-10-19(18)27(23)20-5-3-4-6-21(20)32-2/h3-12H,13H2,1-2H3,(H,25,29). The van der Waals surface area contributed by atoms with Crippen LogP contribution in [0.25, 0.3) is 16.7 Å². The number of carbonyl (C=O) groups excluding carboxylic acids is 1. The minimum absolute atomic E-state index is 0.0577. The number of rotatable bonds is 7. The van der Waals surface area contributed by atoms with Crippen molar-refractivity contribution in [3.63, 3.8) is 0 Å². The molecule has 3 aromatic carbocycles. The summed E-state index contributed by atoms with van der Waals surface area (Å²) in [6.07, 6.45) is 0. The summed E-state index contributed by atoms with van der Waals surface area (Å²) < 4.78 is 7.33. The van der Waals surface area contributed by atoms with Gasteiger partial charge < -0.3 is 10.1 Å². The summed E-state index contributed by atoms with van der Waals surface area (Å²) in [6.45, 7) is 1.89. The molecule has 1 aromatic heterocycles. The Morgan fingerprint density at radius 2 is 2.00 bits per heavy atom. The number of thioether (sulfide) groups is 1. The molecule has 33 heavy (non-hydrogen) atoms. The number of methoxy groups -OCH3 is 1. The monoisotopic (exact) mass is 482 g/mol. The highest BCUT2D eigenvalue weighted by atomic mass is 35.5. The first-order valence-corrected chi connectivity index (χ1v) is 11.2. The summed E-state index contributed by atoms with van der Waals surface area (Å²) in [5.41, 5.74) is 3.29. The van der Waals surface area contributed by atoms with Crippen molar-refractivity contribution >= 4 is 51.7 Å². The van der Waals surface area contributed by atoms with E-state index in [1.165, 1.54) is 23.9 Å². The van der Waals surface area contributed by atoms with Gasteiger partial charge in [-0.15, -0.1) is 0 Å². The molecule has 0 saturated carbocycles. The Kier molecular flexibility index (Phi) is 6.52. The molecule has 0 radical (unpaired) electrons. The van der Waals surface area contributed by atoms with Crippen LogP contribution in [0.3, 0.4) is 0 Å². The topological polar surface area (TPSA) is 99.3 Å². The number of nitrogens with zero attached hydrogens (tertiary/aromatic N) is 3. The average Bonchev–Trinajstić information content (AvgIpc) is 3.17. The SMILES string of the molecule is COc1ccccc1-n1c(SCC(=O)Nc2ccc(C)c(Cl)c2)nc2cc([N+](=O)[O-])ccc21. The predicted octanol–water partition coefficient (Wildman–Crippen LogP) is 5.63. The van der Waals surface area contributed by atoms with Crippen LogP contribution in [0, 0.1) is 17.0 Å². The molecule has 0 spiro atoms. The maximum Gasteiger partial charge on any atom is 0.271 e. The molecule has 1 amide bonds. The number of non-ortho nitro benzene ring substituents is 1. The molecule has 0 aliphatic carbocycles. The number of carbonyl (C=O) groups is 1. The smallest absolute Gasteiger partial charge is 0.271 e. The van der Waals surface area contributed by atoms with Gasteiger partial charge in [0.05, 0.1) is 34.5 Å². The Bertz CT molecular complexity index is 1370. The number of ether oxygens (including phenoxy) is 1. The molecule has 0 fully saturated rings. The van der Waals surface area contributed by atoms with Crippen LogP contribution in [0.15, 0.2) is 65.8 Å². The summed E-state index contributed by atoms with van der Waals surface area (Å²) in [5.74, 6) is 0.451. The van der Waals surface area contributed by atoms with Crippen LogP contribution >= 0.6 is 23.4 Å². The van der Waals surface area contributed by atoms with Gasteiger partial charge in [0, 0.05) is 22.8 Å². The van der Waals surface area contributed by atoms with Crippen LogP contribution in [-0.2, 0) is 4.79 Å². The molecule has 4 rings (SSSR count). The summed E-state index contributed by atoms with van der Waals surface area (Å²) in [7, 11) is 1.57. The highest BCUT2D eigenvalue weighted by Gasteiger charge is 2.19. The van der Waals surface area contributed by atoms with Crippen LogP contribution in [0.4, 0.5) is 11.4 Å². The van der Waals surface area contributed by atoms with Crippen molar-refractivity contribution in [2.75, 3.05) is 18.2 Å². The van der Waals surface area contributed by atoms with Crippen molar-refractivity contribution < 1.29 is 14.5 Å². The van der Waals surface area contributed by atoms with Crippen molar-refractivity contribution in [2.45, 2.75) is 12.1 Å². The van der Waals surface area contributed by atoms with Gasteiger partial charge in [-0.3, -0.25) is 19.5 Å². The molecular formula is C23H19ClN4O4S. The van der Waals surface area contributed by atoms with Gasteiger partial charge in [0.2, 0.25) is 5.91 Å². The Morgan fingerprint density at radius 1 is 1.21 bits per heavy atom. The molecule has 0 atom stereocenters. The minimum atomic E-state index is -0.464. The normalized spacial score (nSPS) is 10.9. The molecule has 8 nitrogen and oxygen atoms in total. The van der Waals surface area contributed by atoms with E-state index in [0.29, 0.717) is 38.3 Å². The van der Waals surface area contributed by atoms with Crippen LogP contribution in [0.5, 0.6) is 5.75 Å². The van der Waals surface area contributed by atoms with E-state index in [1.54, 1.807) is 25.3 Å². The Balaban J connectivity index is 1.67. The van der Waals surface area contributed by atoms with Crippen molar-refractivity contribution in [3.05, 3.63) is 81.4 Å². The van der Waals surface area contributed by atoms with Crippen molar-refractivity contribution in [1.82, 2.24) is 9.55 Å². The predicted molar refractivity (Wildman–Crippen MR) is 130 cm³/mol. The first-order valence-electron chi connectivity index (χ1n) is 9.86. The van der Waals surface area contributed by atoms with E-state index in [4.69, 9.17) is 16.3 Å². The maximum atomic E-state index is 12.6. The number of hydrogen-bond acceptors (Lipinski definition) is 6. The third kappa shape index (κ3) is 4.79. The first-order chi connectivity index (χ1) is 15.9. The second-order valence-electron chi connectivity index (χ2n) is 7.13. The zero-order valence-corrected chi connectivity index (χ0v) is 19.3. The van der Waals surface area contributed by atoms with Gasteiger partial charge in [-0.2, -0.15) is 0 Å². The Labute approximate surface area is 198 Å². The largest absolute Gasteiger partial charge is 0.495 e. The number of anilines is 1.